The number of pyridine rings is 1. The van der Waals surface area contributed by atoms with Crippen LogP contribution in [0.2, 0.25) is 10.2 Å². The molecule has 7 heteroatoms. The fourth-order valence-electron chi connectivity index (χ4n) is 2.41. The lowest BCUT2D eigenvalue weighted by molar-refractivity contribution is 0.102. The summed E-state index contributed by atoms with van der Waals surface area (Å²) in [7, 11) is 0. The lowest BCUT2D eigenvalue weighted by Gasteiger charge is -2.06. The van der Waals surface area contributed by atoms with Gasteiger partial charge >= 0.3 is 0 Å². The predicted molar refractivity (Wildman–Crippen MR) is 99.5 cm³/mol. The van der Waals surface area contributed by atoms with E-state index < -0.39 is 0 Å². The molecule has 0 aliphatic heterocycles. The number of aromatic nitrogens is 3. The van der Waals surface area contributed by atoms with Crippen LogP contribution in [0, 0.1) is 13.8 Å². The van der Waals surface area contributed by atoms with E-state index in [1.165, 1.54) is 11.8 Å². The average molecular weight is 375 g/mol. The van der Waals surface area contributed by atoms with Crippen LogP contribution in [-0.4, -0.2) is 20.7 Å². The number of nitrogens with one attached hydrogen (secondary N) is 1. The quantitative estimate of drug-likeness (QED) is 0.730. The first-order valence-corrected chi connectivity index (χ1v) is 8.41. The van der Waals surface area contributed by atoms with Gasteiger partial charge in [-0.3, -0.25) is 4.79 Å². The molecule has 3 aromatic rings. The van der Waals surface area contributed by atoms with Gasteiger partial charge in [0.05, 0.1) is 22.8 Å². The van der Waals surface area contributed by atoms with Crippen molar-refractivity contribution in [3.63, 3.8) is 0 Å². The van der Waals surface area contributed by atoms with Crippen molar-refractivity contribution in [3.8, 4) is 0 Å². The summed E-state index contributed by atoms with van der Waals surface area (Å²) in [5, 5.41) is 7.89. The average Bonchev–Trinajstić information content (AvgIpc) is 2.85. The molecule has 0 saturated carbocycles. The molecule has 25 heavy (non-hydrogen) atoms. The highest BCUT2D eigenvalue weighted by atomic mass is 35.5. The van der Waals surface area contributed by atoms with E-state index >= 15 is 0 Å². The second-order valence-corrected chi connectivity index (χ2v) is 6.50. The van der Waals surface area contributed by atoms with Crippen molar-refractivity contribution in [2.24, 2.45) is 0 Å². The molecule has 2 aromatic heterocycles. The van der Waals surface area contributed by atoms with Gasteiger partial charge in [0, 0.05) is 6.20 Å². The molecule has 0 spiro atoms. The summed E-state index contributed by atoms with van der Waals surface area (Å²) in [6, 6.07) is 11.4. The number of carbonyl (C=O) groups excluding carboxylic acids is 1. The summed E-state index contributed by atoms with van der Waals surface area (Å²) in [5.41, 5.74) is 3.14. The Morgan fingerprint density at radius 3 is 2.48 bits per heavy atom. The highest BCUT2D eigenvalue weighted by molar-refractivity contribution is 6.33. The molecule has 0 saturated heterocycles. The fraction of sp³-hybridized carbons (Fsp3) is 0.167. The van der Waals surface area contributed by atoms with Crippen molar-refractivity contribution in [3.05, 3.63) is 75.2 Å². The van der Waals surface area contributed by atoms with E-state index in [0.29, 0.717) is 33.8 Å². The van der Waals surface area contributed by atoms with Crippen LogP contribution in [0.5, 0.6) is 0 Å². The summed E-state index contributed by atoms with van der Waals surface area (Å²) in [4.78, 5) is 16.6. The largest absolute Gasteiger partial charge is 0.306 e. The summed E-state index contributed by atoms with van der Waals surface area (Å²) >= 11 is 12.2. The van der Waals surface area contributed by atoms with Crippen LogP contribution in [0.25, 0.3) is 0 Å². The molecule has 0 unspecified atom stereocenters. The highest BCUT2D eigenvalue weighted by Crippen LogP contribution is 2.22. The van der Waals surface area contributed by atoms with Crippen molar-refractivity contribution >= 4 is 34.9 Å². The number of rotatable bonds is 4. The predicted octanol–water partition coefficient (Wildman–Crippen LogP) is 4.50. The number of halogens is 2. The van der Waals surface area contributed by atoms with Crippen LogP contribution in [-0.2, 0) is 6.54 Å². The molecule has 1 N–H and O–H groups in total. The summed E-state index contributed by atoms with van der Waals surface area (Å²) in [6.07, 6.45) is 1.46. The Bertz CT molecular complexity index is 902. The number of carbonyl (C=O) groups is 1. The van der Waals surface area contributed by atoms with E-state index in [2.05, 4.69) is 15.4 Å². The molecule has 0 aliphatic carbocycles. The standard InChI is InChI=1S/C18H16Cl2N4O/c1-11-3-5-13(6-4-11)10-24-17(20)16(12(2)23-24)18(25)22-15-8-7-14(19)9-21-15/h3-9H,10H2,1-2H3,(H,21,22,25). The van der Waals surface area contributed by atoms with E-state index in [1.807, 2.05) is 31.2 Å². The summed E-state index contributed by atoms with van der Waals surface area (Å²) in [6.45, 7) is 4.27. The summed E-state index contributed by atoms with van der Waals surface area (Å²) < 4.78 is 1.62. The zero-order chi connectivity index (χ0) is 18.0. The summed E-state index contributed by atoms with van der Waals surface area (Å²) in [5.74, 6) is 0.0450. The first kappa shape index (κ1) is 17.5. The number of hydrogen-bond donors (Lipinski definition) is 1. The Labute approximate surface area is 155 Å². The lowest BCUT2D eigenvalue weighted by atomic mass is 10.1. The molecular weight excluding hydrogens is 359 g/mol. The van der Waals surface area contributed by atoms with E-state index in [1.54, 1.807) is 23.7 Å². The van der Waals surface area contributed by atoms with Crippen LogP contribution in [0.1, 0.15) is 27.2 Å². The molecular formula is C18H16Cl2N4O. The third-order valence-corrected chi connectivity index (χ3v) is 4.32. The molecule has 5 nitrogen and oxygen atoms in total. The van der Waals surface area contributed by atoms with Gasteiger partial charge < -0.3 is 5.32 Å². The third kappa shape index (κ3) is 4.00. The zero-order valence-corrected chi connectivity index (χ0v) is 15.3. The van der Waals surface area contributed by atoms with Gasteiger partial charge in [-0.1, -0.05) is 53.0 Å². The van der Waals surface area contributed by atoms with Crippen molar-refractivity contribution in [1.29, 1.82) is 0 Å². The van der Waals surface area contributed by atoms with Gasteiger partial charge in [0.15, 0.2) is 0 Å². The Balaban J connectivity index is 1.82. The molecule has 0 bridgehead atoms. The van der Waals surface area contributed by atoms with Gasteiger partial charge in [-0.15, -0.1) is 0 Å². The van der Waals surface area contributed by atoms with Gasteiger partial charge in [0.1, 0.15) is 11.0 Å². The van der Waals surface area contributed by atoms with Crippen molar-refractivity contribution in [2.45, 2.75) is 20.4 Å². The van der Waals surface area contributed by atoms with E-state index in [4.69, 9.17) is 23.2 Å². The second kappa shape index (κ2) is 7.25. The van der Waals surface area contributed by atoms with Crippen LogP contribution in [0.3, 0.4) is 0 Å². The van der Waals surface area contributed by atoms with Gasteiger partial charge in [-0.2, -0.15) is 5.10 Å². The van der Waals surface area contributed by atoms with Crippen molar-refractivity contribution < 1.29 is 4.79 Å². The minimum Gasteiger partial charge on any atom is -0.306 e. The molecule has 0 fully saturated rings. The van der Waals surface area contributed by atoms with Crippen LogP contribution in [0.15, 0.2) is 42.6 Å². The van der Waals surface area contributed by atoms with Gasteiger partial charge in [0.25, 0.3) is 5.91 Å². The van der Waals surface area contributed by atoms with E-state index in [-0.39, 0.29) is 5.91 Å². The van der Waals surface area contributed by atoms with Crippen molar-refractivity contribution in [1.82, 2.24) is 14.8 Å². The SMILES string of the molecule is Cc1ccc(Cn2nc(C)c(C(=O)Nc3ccc(Cl)cn3)c2Cl)cc1. The normalized spacial score (nSPS) is 10.7. The third-order valence-electron chi connectivity index (χ3n) is 3.71. The molecule has 0 radical (unpaired) electrons. The molecule has 1 aromatic carbocycles. The minimum atomic E-state index is -0.354. The minimum absolute atomic E-state index is 0.296. The molecule has 2 heterocycles. The smallest absolute Gasteiger partial charge is 0.261 e. The number of amides is 1. The maximum atomic E-state index is 12.5. The lowest BCUT2D eigenvalue weighted by Crippen LogP contribution is -2.14. The highest BCUT2D eigenvalue weighted by Gasteiger charge is 2.20. The zero-order valence-electron chi connectivity index (χ0n) is 13.8. The number of anilines is 1. The Morgan fingerprint density at radius 1 is 1.12 bits per heavy atom. The van der Waals surface area contributed by atoms with E-state index in [0.717, 1.165) is 5.56 Å². The Morgan fingerprint density at radius 2 is 1.84 bits per heavy atom. The van der Waals surface area contributed by atoms with Gasteiger partial charge in [-0.25, -0.2) is 9.67 Å². The maximum Gasteiger partial charge on any atom is 0.261 e. The molecule has 1 amide bonds. The maximum absolute atomic E-state index is 12.5. The number of benzene rings is 1. The number of hydrogen-bond acceptors (Lipinski definition) is 3. The van der Waals surface area contributed by atoms with Crippen LogP contribution in [0.4, 0.5) is 5.82 Å². The first-order chi connectivity index (χ1) is 11.9. The Hall–Kier alpha value is -2.37. The second-order valence-electron chi connectivity index (χ2n) is 5.71. The van der Waals surface area contributed by atoms with Crippen LogP contribution < -0.4 is 5.32 Å². The van der Waals surface area contributed by atoms with Crippen LogP contribution >= 0.6 is 23.2 Å². The van der Waals surface area contributed by atoms with E-state index in [9.17, 15) is 4.79 Å². The van der Waals surface area contributed by atoms with Crippen molar-refractivity contribution in [2.75, 3.05) is 5.32 Å². The Kier molecular flexibility index (Phi) is 5.06. The van der Waals surface area contributed by atoms with Gasteiger partial charge in [-0.05, 0) is 31.5 Å². The number of aryl methyl sites for hydroxylation is 2. The number of nitrogens with zero attached hydrogens (tertiary/aromatic N) is 3. The fourth-order valence-corrected chi connectivity index (χ4v) is 2.84. The van der Waals surface area contributed by atoms with Gasteiger partial charge in [0.2, 0.25) is 0 Å². The molecule has 0 aliphatic rings. The topological polar surface area (TPSA) is 59.8 Å². The molecule has 3 rings (SSSR count). The molecule has 0 atom stereocenters. The molecule has 128 valence electrons. The monoisotopic (exact) mass is 374 g/mol. The first-order valence-electron chi connectivity index (χ1n) is 7.65.